The molecule has 0 radical (unpaired) electrons. The largest absolute Gasteiger partial charge is 0.457 e. The average Bonchev–Trinajstić information content (AvgIpc) is 2.79. The summed E-state index contributed by atoms with van der Waals surface area (Å²) < 4.78 is 6.00. The fraction of sp³-hybridized carbons (Fsp3) is 0.231. The van der Waals surface area contributed by atoms with E-state index in [0.29, 0.717) is 24.5 Å². The van der Waals surface area contributed by atoms with Gasteiger partial charge >= 0.3 is 0 Å². The molecule has 0 spiro atoms. The second-order valence-corrected chi connectivity index (χ2v) is 8.07. The highest BCUT2D eigenvalue weighted by atomic mass is 16.5. The van der Waals surface area contributed by atoms with Crippen molar-refractivity contribution in [3.8, 4) is 11.5 Å². The highest BCUT2D eigenvalue weighted by molar-refractivity contribution is 5.99. The number of nitrogens with zero attached hydrogens (tertiary/aromatic N) is 1. The molecule has 1 N–H and O–H groups in total. The van der Waals surface area contributed by atoms with Crippen molar-refractivity contribution in [2.45, 2.75) is 31.7 Å². The Bertz CT molecular complexity index is 1100. The van der Waals surface area contributed by atoms with Crippen LogP contribution in [0.3, 0.4) is 0 Å². The molecular weight excluding hydrogens is 388 g/mol. The van der Waals surface area contributed by atoms with Crippen LogP contribution in [0.2, 0.25) is 0 Å². The minimum atomic E-state index is -0.450. The third kappa shape index (κ3) is 3.91. The van der Waals surface area contributed by atoms with Gasteiger partial charge in [0.25, 0.3) is 0 Å². The zero-order chi connectivity index (χ0) is 21.2. The van der Waals surface area contributed by atoms with Crippen molar-refractivity contribution in [3.05, 3.63) is 89.5 Å². The standard InChI is InChI=1S/C26H24N2O3/c29-24-14-5-6-15-28(24)17-18-8-7-9-19(16-18)27-26(30)25-20-10-1-3-12-22(20)31-23-13-4-2-11-21(23)25/h1-4,7-13,16,25H,5-6,14-15,17H2,(H,27,30). The van der Waals surface area contributed by atoms with Gasteiger partial charge < -0.3 is 15.0 Å². The summed E-state index contributed by atoms with van der Waals surface area (Å²) in [5, 5.41) is 3.08. The number of rotatable bonds is 4. The fourth-order valence-corrected chi connectivity index (χ4v) is 4.40. The van der Waals surface area contributed by atoms with Crippen molar-refractivity contribution < 1.29 is 14.3 Å². The summed E-state index contributed by atoms with van der Waals surface area (Å²) in [6, 6.07) is 23.1. The van der Waals surface area contributed by atoms with Gasteiger partial charge in [0.05, 0.1) is 5.92 Å². The number of piperidine rings is 1. The number of anilines is 1. The first kappa shape index (κ1) is 19.4. The molecule has 0 unspecified atom stereocenters. The molecule has 5 nitrogen and oxygen atoms in total. The molecule has 2 aliphatic rings. The quantitative estimate of drug-likeness (QED) is 0.650. The molecule has 31 heavy (non-hydrogen) atoms. The molecule has 2 heterocycles. The van der Waals surface area contributed by atoms with E-state index < -0.39 is 5.92 Å². The molecule has 0 saturated carbocycles. The Kier molecular flexibility index (Phi) is 5.16. The number of hydrogen-bond acceptors (Lipinski definition) is 3. The Morgan fingerprint density at radius 2 is 1.65 bits per heavy atom. The second kappa shape index (κ2) is 8.26. The van der Waals surface area contributed by atoms with Gasteiger partial charge in [0.15, 0.2) is 0 Å². The molecule has 3 aromatic rings. The number of para-hydroxylation sites is 2. The predicted octanol–water partition coefficient (Wildman–Crippen LogP) is 5.08. The molecular formula is C26H24N2O3. The molecule has 0 aliphatic carbocycles. The number of carbonyl (C=O) groups excluding carboxylic acids is 2. The summed E-state index contributed by atoms with van der Waals surface area (Å²) in [6.07, 6.45) is 2.64. The van der Waals surface area contributed by atoms with Crippen molar-refractivity contribution in [2.75, 3.05) is 11.9 Å². The first-order valence-electron chi connectivity index (χ1n) is 10.7. The van der Waals surface area contributed by atoms with Crippen LogP contribution in [0.25, 0.3) is 0 Å². The number of ether oxygens (including phenoxy) is 1. The zero-order valence-corrected chi connectivity index (χ0v) is 17.2. The highest BCUT2D eigenvalue weighted by Crippen LogP contribution is 2.44. The Morgan fingerprint density at radius 3 is 2.35 bits per heavy atom. The zero-order valence-electron chi connectivity index (χ0n) is 17.2. The topological polar surface area (TPSA) is 58.6 Å². The van der Waals surface area contributed by atoms with Crippen molar-refractivity contribution >= 4 is 17.5 Å². The van der Waals surface area contributed by atoms with Gasteiger partial charge in [-0.05, 0) is 42.7 Å². The van der Waals surface area contributed by atoms with E-state index in [4.69, 9.17) is 4.74 Å². The van der Waals surface area contributed by atoms with E-state index in [1.54, 1.807) is 0 Å². The number of hydrogen-bond donors (Lipinski definition) is 1. The van der Waals surface area contributed by atoms with Gasteiger partial charge in [-0.25, -0.2) is 0 Å². The van der Waals surface area contributed by atoms with Crippen molar-refractivity contribution in [1.29, 1.82) is 0 Å². The number of amides is 2. The maximum Gasteiger partial charge on any atom is 0.236 e. The fourth-order valence-electron chi connectivity index (χ4n) is 4.40. The number of nitrogens with one attached hydrogen (secondary N) is 1. The number of likely N-dealkylation sites (tertiary alicyclic amines) is 1. The molecule has 1 saturated heterocycles. The van der Waals surface area contributed by atoms with Gasteiger partial charge in [-0.3, -0.25) is 9.59 Å². The van der Waals surface area contributed by atoms with Gasteiger partial charge in [0.1, 0.15) is 11.5 Å². The smallest absolute Gasteiger partial charge is 0.236 e. The first-order chi connectivity index (χ1) is 15.2. The number of carbonyl (C=O) groups is 2. The monoisotopic (exact) mass is 412 g/mol. The Balaban J connectivity index is 1.39. The number of fused-ring (bicyclic) bond motifs is 2. The lowest BCUT2D eigenvalue weighted by atomic mass is 9.87. The minimum absolute atomic E-state index is 0.102. The van der Waals surface area contributed by atoms with Crippen LogP contribution in [-0.4, -0.2) is 23.3 Å². The van der Waals surface area contributed by atoms with Gasteiger partial charge in [-0.15, -0.1) is 0 Å². The predicted molar refractivity (Wildman–Crippen MR) is 119 cm³/mol. The third-order valence-corrected chi connectivity index (χ3v) is 5.93. The average molecular weight is 412 g/mol. The van der Waals surface area contributed by atoms with Crippen molar-refractivity contribution in [3.63, 3.8) is 0 Å². The molecule has 0 aromatic heterocycles. The summed E-state index contributed by atoms with van der Waals surface area (Å²) in [7, 11) is 0. The summed E-state index contributed by atoms with van der Waals surface area (Å²) in [5.74, 6) is 1.07. The molecule has 5 rings (SSSR count). The van der Waals surface area contributed by atoms with Crippen LogP contribution in [0, 0.1) is 0 Å². The lowest BCUT2D eigenvalue weighted by molar-refractivity contribution is -0.133. The third-order valence-electron chi connectivity index (χ3n) is 5.93. The molecule has 1 fully saturated rings. The Hall–Kier alpha value is -3.60. The Labute approximate surface area is 181 Å². The van der Waals surface area contributed by atoms with Crippen LogP contribution in [0.4, 0.5) is 5.69 Å². The molecule has 2 aliphatic heterocycles. The number of benzene rings is 3. The van der Waals surface area contributed by atoms with E-state index in [2.05, 4.69) is 5.32 Å². The van der Waals surface area contributed by atoms with Gasteiger partial charge in [0, 0.05) is 36.3 Å². The second-order valence-electron chi connectivity index (χ2n) is 8.07. The van der Waals surface area contributed by atoms with Crippen LogP contribution < -0.4 is 10.1 Å². The molecule has 156 valence electrons. The lowest BCUT2D eigenvalue weighted by Crippen LogP contribution is -2.34. The first-order valence-corrected chi connectivity index (χ1v) is 10.7. The van der Waals surface area contributed by atoms with Crippen LogP contribution in [0.15, 0.2) is 72.8 Å². The van der Waals surface area contributed by atoms with Gasteiger partial charge in [0.2, 0.25) is 11.8 Å². The highest BCUT2D eigenvalue weighted by Gasteiger charge is 2.32. The van der Waals surface area contributed by atoms with Crippen LogP contribution in [-0.2, 0) is 16.1 Å². The summed E-state index contributed by atoms with van der Waals surface area (Å²) in [5.41, 5.74) is 3.46. The van der Waals surface area contributed by atoms with Crippen molar-refractivity contribution in [2.24, 2.45) is 0 Å². The van der Waals surface area contributed by atoms with Crippen molar-refractivity contribution in [1.82, 2.24) is 4.90 Å². The molecule has 5 heteroatoms. The Morgan fingerprint density at radius 1 is 0.935 bits per heavy atom. The maximum absolute atomic E-state index is 13.4. The van der Waals surface area contributed by atoms with E-state index in [-0.39, 0.29) is 11.8 Å². The molecule has 2 amide bonds. The normalized spacial score (nSPS) is 15.6. The van der Waals surface area contributed by atoms with Gasteiger partial charge in [-0.1, -0.05) is 48.5 Å². The van der Waals surface area contributed by atoms with E-state index in [1.165, 1.54) is 0 Å². The summed E-state index contributed by atoms with van der Waals surface area (Å²) >= 11 is 0. The van der Waals surface area contributed by atoms with E-state index in [1.807, 2.05) is 77.7 Å². The van der Waals surface area contributed by atoms with Crippen LogP contribution >= 0.6 is 0 Å². The molecule has 0 bridgehead atoms. The van der Waals surface area contributed by atoms with E-state index in [9.17, 15) is 9.59 Å². The minimum Gasteiger partial charge on any atom is -0.457 e. The summed E-state index contributed by atoms with van der Waals surface area (Å²) in [6.45, 7) is 1.37. The summed E-state index contributed by atoms with van der Waals surface area (Å²) in [4.78, 5) is 27.5. The maximum atomic E-state index is 13.4. The van der Waals surface area contributed by atoms with E-state index in [0.717, 1.165) is 41.8 Å². The SMILES string of the molecule is O=C(Nc1cccc(CN2CCCCC2=O)c1)C1c2ccccc2Oc2ccccc21. The molecule has 3 aromatic carbocycles. The van der Waals surface area contributed by atoms with Gasteiger partial charge in [-0.2, -0.15) is 0 Å². The lowest BCUT2D eigenvalue weighted by Gasteiger charge is -2.28. The van der Waals surface area contributed by atoms with E-state index >= 15 is 0 Å². The molecule has 0 atom stereocenters. The van der Waals surface area contributed by atoms with Crippen LogP contribution in [0.1, 0.15) is 41.9 Å². The van der Waals surface area contributed by atoms with Crippen LogP contribution in [0.5, 0.6) is 11.5 Å².